The molecule has 158 valence electrons. The van der Waals surface area contributed by atoms with Gasteiger partial charge in [-0.2, -0.15) is 0 Å². The third-order valence-corrected chi connectivity index (χ3v) is 7.49. The van der Waals surface area contributed by atoms with Crippen LogP contribution in [0.15, 0.2) is 0 Å². The summed E-state index contributed by atoms with van der Waals surface area (Å²) in [5.41, 5.74) is 0. The summed E-state index contributed by atoms with van der Waals surface area (Å²) < 4.78 is 5.21. The van der Waals surface area contributed by atoms with Crippen molar-refractivity contribution in [2.45, 2.75) is 75.4 Å². The van der Waals surface area contributed by atoms with Crippen molar-refractivity contribution in [2.75, 3.05) is 26.3 Å². The highest BCUT2D eigenvalue weighted by Gasteiger charge is 2.37. The van der Waals surface area contributed by atoms with Crippen LogP contribution in [0.3, 0.4) is 0 Å². The van der Waals surface area contributed by atoms with Crippen molar-refractivity contribution >= 4 is 23.4 Å². The van der Waals surface area contributed by atoms with Crippen LogP contribution in [-0.2, 0) is 14.3 Å². The van der Waals surface area contributed by atoms with Crippen LogP contribution < -0.4 is 10.6 Å². The molecule has 4 aliphatic rings. The summed E-state index contributed by atoms with van der Waals surface area (Å²) in [7, 11) is 0. The fourth-order valence-corrected chi connectivity index (χ4v) is 5.69. The summed E-state index contributed by atoms with van der Waals surface area (Å²) in [4.78, 5) is 26.7. The Kier molecular flexibility index (Phi) is 6.79. The predicted molar refractivity (Wildman–Crippen MR) is 108 cm³/mol. The van der Waals surface area contributed by atoms with Crippen LogP contribution in [0.4, 0.5) is 0 Å². The van der Waals surface area contributed by atoms with E-state index in [-0.39, 0.29) is 29.9 Å². The highest BCUT2D eigenvalue weighted by atomic mass is 35.5. The van der Waals surface area contributed by atoms with Gasteiger partial charge in [0.05, 0.1) is 31.3 Å². The number of piperidine rings is 2. The normalized spacial score (nSPS) is 37.4. The summed E-state index contributed by atoms with van der Waals surface area (Å²) in [6.07, 6.45) is 9.54. The number of amides is 2. The van der Waals surface area contributed by atoms with Crippen molar-refractivity contribution in [3.05, 3.63) is 0 Å². The highest BCUT2D eigenvalue weighted by molar-refractivity contribution is 6.20. The van der Waals surface area contributed by atoms with Crippen LogP contribution in [0.5, 0.6) is 0 Å². The van der Waals surface area contributed by atoms with Gasteiger partial charge in [0.15, 0.2) is 0 Å². The molecule has 3 saturated heterocycles. The molecule has 2 amide bonds. The van der Waals surface area contributed by atoms with Crippen LogP contribution in [0.1, 0.15) is 57.8 Å². The maximum absolute atomic E-state index is 12.7. The molecule has 0 radical (unpaired) electrons. The smallest absolute Gasteiger partial charge is 0.226 e. The van der Waals surface area contributed by atoms with Crippen LogP contribution in [0.25, 0.3) is 0 Å². The molecule has 6 nitrogen and oxygen atoms in total. The van der Waals surface area contributed by atoms with Crippen LogP contribution in [0, 0.1) is 17.8 Å². The van der Waals surface area contributed by atoms with E-state index in [1.807, 2.05) is 4.90 Å². The van der Waals surface area contributed by atoms with Crippen LogP contribution in [0.2, 0.25) is 0 Å². The van der Waals surface area contributed by atoms with Gasteiger partial charge >= 0.3 is 0 Å². The molecule has 1 aliphatic carbocycles. The molecule has 2 N–H and O–H groups in total. The number of hydrogen-bond acceptors (Lipinski definition) is 4. The average Bonchev–Trinajstić information content (AvgIpc) is 2.64. The summed E-state index contributed by atoms with van der Waals surface area (Å²) in [6.45, 7) is 2.73. The minimum atomic E-state index is -0.0966. The van der Waals surface area contributed by atoms with E-state index in [1.54, 1.807) is 0 Å². The van der Waals surface area contributed by atoms with Crippen molar-refractivity contribution in [3.8, 4) is 0 Å². The Labute approximate surface area is 173 Å². The van der Waals surface area contributed by atoms with Crippen molar-refractivity contribution < 1.29 is 14.3 Å². The third-order valence-electron chi connectivity index (χ3n) is 7.09. The molecule has 0 aromatic rings. The van der Waals surface area contributed by atoms with Crippen molar-refractivity contribution in [1.82, 2.24) is 15.5 Å². The van der Waals surface area contributed by atoms with Gasteiger partial charge in [0.25, 0.3) is 0 Å². The Hall–Kier alpha value is -0.850. The number of alkyl halides is 1. The number of halogens is 1. The second-order valence-electron chi connectivity index (χ2n) is 9.25. The van der Waals surface area contributed by atoms with Gasteiger partial charge in [-0.1, -0.05) is 12.8 Å². The van der Waals surface area contributed by atoms with E-state index in [0.717, 1.165) is 25.3 Å². The molecule has 5 unspecified atom stereocenters. The molecule has 3 heterocycles. The number of carbonyl (C=O) groups excluding carboxylic acids is 2. The number of hydrogen-bond donors (Lipinski definition) is 2. The van der Waals surface area contributed by atoms with E-state index >= 15 is 0 Å². The summed E-state index contributed by atoms with van der Waals surface area (Å²) in [5, 5.41) is 7.10. The number of nitrogens with one attached hydrogen (secondary N) is 2. The third kappa shape index (κ3) is 5.00. The number of rotatable bonds is 5. The topological polar surface area (TPSA) is 70.7 Å². The van der Waals surface area contributed by atoms with Gasteiger partial charge in [-0.15, -0.1) is 11.6 Å². The summed E-state index contributed by atoms with van der Waals surface area (Å²) in [6, 6.07) is 0.170. The first-order valence-electron chi connectivity index (χ1n) is 11.1. The standard InChI is InChI=1S/C21H34ClN3O3/c22-17-3-1-2-14(9-17)8-15-4-6-19(23-10-15)24-21(27)16-5-7-20(26)25(11-16)18-12-28-13-18/h14-19,23H,1-13H2,(H,24,27). The first-order chi connectivity index (χ1) is 13.6. The number of likely N-dealkylation sites (tertiary alicyclic amines) is 1. The number of carbonyl (C=O) groups is 2. The Morgan fingerprint density at radius 1 is 1.18 bits per heavy atom. The quantitative estimate of drug-likeness (QED) is 0.681. The monoisotopic (exact) mass is 411 g/mol. The van der Waals surface area contributed by atoms with Gasteiger partial charge in [0.2, 0.25) is 11.8 Å². The second-order valence-corrected chi connectivity index (χ2v) is 9.87. The molecule has 7 heteroatoms. The van der Waals surface area contributed by atoms with Gasteiger partial charge < -0.3 is 15.0 Å². The lowest BCUT2D eigenvalue weighted by molar-refractivity contribution is -0.152. The number of nitrogens with zero attached hydrogens (tertiary/aromatic N) is 1. The van der Waals surface area contributed by atoms with Gasteiger partial charge in [0, 0.05) is 18.3 Å². The van der Waals surface area contributed by atoms with Crippen molar-refractivity contribution in [3.63, 3.8) is 0 Å². The number of ether oxygens (including phenoxy) is 1. The largest absolute Gasteiger partial charge is 0.377 e. The van der Waals surface area contributed by atoms with E-state index < -0.39 is 0 Å². The van der Waals surface area contributed by atoms with E-state index in [1.165, 1.54) is 32.1 Å². The fraction of sp³-hybridized carbons (Fsp3) is 0.905. The Bertz CT molecular complexity index is 563. The predicted octanol–water partition coefficient (Wildman–Crippen LogP) is 2.25. The molecule has 0 spiro atoms. The van der Waals surface area contributed by atoms with Gasteiger partial charge in [-0.3, -0.25) is 14.9 Å². The minimum absolute atomic E-state index is 0.0639. The second kappa shape index (κ2) is 9.31. The lowest BCUT2D eigenvalue weighted by Crippen LogP contribution is -2.58. The maximum Gasteiger partial charge on any atom is 0.226 e. The fourth-order valence-electron chi connectivity index (χ4n) is 5.28. The zero-order valence-corrected chi connectivity index (χ0v) is 17.5. The highest BCUT2D eigenvalue weighted by Crippen LogP contribution is 2.34. The Morgan fingerprint density at radius 2 is 2.04 bits per heavy atom. The maximum atomic E-state index is 12.7. The molecule has 5 atom stereocenters. The van der Waals surface area contributed by atoms with Gasteiger partial charge in [-0.25, -0.2) is 0 Å². The molecular weight excluding hydrogens is 378 g/mol. The molecule has 0 aromatic carbocycles. The minimum Gasteiger partial charge on any atom is -0.377 e. The lowest BCUT2D eigenvalue weighted by atomic mass is 9.80. The first-order valence-corrected chi connectivity index (χ1v) is 11.6. The Balaban J connectivity index is 1.19. The molecule has 4 fully saturated rings. The van der Waals surface area contributed by atoms with Crippen molar-refractivity contribution in [1.29, 1.82) is 0 Å². The molecule has 28 heavy (non-hydrogen) atoms. The summed E-state index contributed by atoms with van der Waals surface area (Å²) >= 11 is 6.34. The molecule has 0 aromatic heterocycles. The molecule has 3 aliphatic heterocycles. The van der Waals surface area contributed by atoms with Gasteiger partial charge in [0.1, 0.15) is 0 Å². The molecule has 1 saturated carbocycles. The van der Waals surface area contributed by atoms with E-state index in [4.69, 9.17) is 16.3 Å². The van der Waals surface area contributed by atoms with E-state index in [9.17, 15) is 9.59 Å². The summed E-state index contributed by atoms with van der Waals surface area (Å²) in [5.74, 6) is 1.63. The Morgan fingerprint density at radius 3 is 2.71 bits per heavy atom. The lowest BCUT2D eigenvalue weighted by Gasteiger charge is -2.42. The zero-order chi connectivity index (χ0) is 19.5. The SMILES string of the molecule is O=C(NC1CCC(CC2CCCC(Cl)C2)CN1)C1CCC(=O)N(C2COC2)C1. The van der Waals surface area contributed by atoms with Crippen molar-refractivity contribution in [2.24, 2.45) is 17.8 Å². The van der Waals surface area contributed by atoms with Gasteiger partial charge in [-0.05, 0) is 56.9 Å². The molecule has 4 rings (SSSR count). The average molecular weight is 412 g/mol. The molecule has 0 bridgehead atoms. The zero-order valence-electron chi connectivity index (χ0n) is 16.7. The van der Waals surface area contributed by atoms with Crippen LogP contribution >= 0.6 is 11.6 Å². The van der Waals surface area contributed by atoms with E-state index in [2.05, 4.69) is 10.6 Å². The van der Waals surface area contributed by atoms with Crippen LogP contribution in [-0.4, -0.2) is 60.6 Å². The molecular formula is C21H34ClN3O3. The van der Waals surface area contributed by atoms with E-state index in [0.29, 0.717) is 43.9 Å². The first kappa shape index (κ1) is 20.4.